The van der Waals surface area contributed by atoms with Gasteiger partial charge in [-0.15, -0.1) is 24.0 Å². The number of halogens is 1. The molecule has 1 aliphatic heterocycles. The summed E-state index contributed by atoms with van der Waals surface area (Å²) in [5.41, 5.74) is 2.39. The lowest BCUT2D eigenvalue weighted by Gasteiger charge is -2.22. The van der Waals surface area contributed by atoms with E-state index in [1.54, 1.807) is 7.05 Å². The fourth-order valence-electron chi connectivity index (χ4n) is 3.15. The Labute approximate surface area is 196 Å². The molecule has 0 saturated carbocycles. The van der Waals surface area contributed by atoms with Gasteiger partial charge in [0.05, 0.1) is 19.3 Å². The minimum Gasteiger partial charge on any atom is -0.492 e. The number of nitrogens with one attached hydrogen (secondary N) is 2. The van der Waals surface area contributed by atoms with E-state index in [4.69, 9.17) is 14.2 Å². The zero-order valence-corrected chi connectivity index (χ0v) is 19.8. The molecule has 1 heterocycles. The minimum absolute atomic E-state index is 0. The molecule has 1 fully saturated rings. The molecule has 0 aliphatic carbocycles. The Morgan fingerprint density at radius 3 is 2.57 bits per heavy atom. The van der Waals surface area contributed by atoms with Gasteiger partial charge in [0, 0.05) is 26.8 Å². The van der Waals surface area contributed by atoms with Crippen molar-refractivity contribution in [1.82, 2.24) is 10.6 Å². The molecule has 0 aromatic heterocycles. The van der Waals surface area contributed by atoms with Crippen molar-refractivity contribution in [2.24, 2.45) is 4.99 Å². The maximum absolute atomic E-state index is 6.02. The van der Waals surface area contributed by atoms with Crippen molar-refractivity contribution >= 4 is 29.9 Å². The summed E-state index contributed by atoms with van der Waals surface area (Å²) in [4.78, 5) is 4.27. The summed E-state index contributed by atoms with van der Waals surface area (Å²) in [5.74, 6) is 1.63. The van der Waals surface area contributed by atoms with Gasteiger partial charge in [-0.25, -0.2) is 0 Å². The van der Waals surface area contributed by atoms with Gasteiger partial charge in [-0.2, -0.15) is 0 Å². The van der Waals surface area contributed by atoms with Gasteiger partial charge < -0.3 is 24.8 Å². The van der Waals surface area contributed by atoms with Crippen LogP contribution >= 0.6 is 24.0 Å². The van der Waals surface area contributed by atoms with Crippen LogP contribution in [0.3, 0.4) is 0 Å². The van der Waals surface area contributed by atoms with Gasteiger partial charge >= 0.3 is 0 Å². The van der Waals surface area contributed by atoms with Crippen molar-refractivity contribution in [3.8, 4) is 5.75 Å². The minimum atomic E-state index is 0. The fourth-order valence-corrected chi connectivity index (χ4v) is 3.15. The van der Waals surface area contributed by atoms with Crippen LogP contribution in [0.4, 0.5) is 0 Å². The summed E-state index contributed by atoms with van der Waals surface area (Å²) < 4.78 is 17.1. The Balaban J connectivity index is 0.00000320. The molecule has 0 radical (unpaired) electrons. The lowest BCUT2D eigenvalue weighted by atomic mass is 10.1. The molecular weight excluding hydrogens is 493 g/mol. The third kappa shape index (κ3) is 8.89. The molecule has 30 heavy (non-hydrogen) atoms. The predicted octanol–water partition coefficient (Wildman–Crippen LogP) is 3.74. The highest BCUT2D eigenvalue weighted by Crippen LogP contribution is 2.14. The Morgan fingerprint density at radius 1 is 1.03 bits per heavy atom. The van der Waals surface area contributed by atoms with Crippen LogP contribution < -0.4 is 15.4 Å². The highest BCUT2D eigenvalue weighted by Gasteiger charge is 2.14. The van der Waals surface area contributed by atoms with E-state index in [0.29, 0.717) is 32.4 Å². The smallest absolute Gasteiger partial charge is 0.191 e. The van der Waals surface area contributed by atoms with E-state index >= 15 is 0 Å². The summed E-state index contributed by atoms with van der Waals surface area (Å²) in [6.07, 6.45) is 2.28. The van der Waals surface area contributed by atoms with Crippen molar-refractivity contribution in [1.29, 1.82) is 0 Å². The van der Waals surface area contributed by atoms with E-state index in [2.05, 4.69) is 39.9 Å². The predicted molar refractivity (Wildman–Crippen MR) is 131 cm³/mol. The maximum Gasteiger partial charge on any atom is 0.191 e. The standard InChI is InChI=1S/C23H31N3O3.HI/c1-24-23(25-12-15-28-21-8-3-2-4-9-21)26-17-19-6-5-7-20(16-19)18-29-22-10-13-27-14-11-22;/h2-9,16,22H,10-15,17-18H2,1H3,(H2,24,25,26);1H. The van der Waals surface area contributed by atoms with Crippen molar-refractivity contribution < 1.29 is 14.2 Å². The fraction of sp³-hybridized carbons (Fsp3) is 0.435. The molecule has 0 atom stereocenters. The van der Waals surface area contributed by atoms with Crippen LogP contribution in [0.15, 0.2) is 59.6 Å². The molecule has 0 amide bonds. The average molecular weight is 525 g/mol. The number of guanidine groups is 1. The molecule has 7 heteroatoms. The first-order valence-electron chi connectivity index (χ1n) is 10.2. The topological polar surface area (TPSA) is 64.1 Å². The zero-order chi connectivity index (χ0) is 20.2. The highest BCUT2D eigenvalue weighted by molar-refractivity contribution is 14.0. The normalized spacial score (nSPS) is 14.6. The van der Waals surface area contributed by atoms with E-state index in [-0.39, 0.29) is 24.0 Å². The van der Waals surface area contributed by atoms with Crippen LogP contribution in [0.5, 0.6) is 5.75 Å². The molecule has 2 N–H and O–H groups in total. The maximum atomic E-state index is 6.02. The largest absolute Gasteiger partial charge is 0.492 e. The Kier molecular flexibility index (Phi) is 11.6. The van der Waals surface area contributed by atoms with Gasteiger partial charge in [-0.1, -0.05) is 42.5 Å². The quantitative estimate of drug-likeness (QED) is 0.226. The van der Waals surface area contributed by atoms with Gasteiger partial charge in [0.25, 0.3) is 0 Å². The summed E-state index contributed by atoms with van der Waals surface area (Å²) >= 11 is 0. The molecule has 1 aliphatic rings. The van der Waals surface area contributed by atoms with Crippen molar-refractivity contribution in [2.45, 2.75) is 32.1 Å². The molecule has 2 aromatic rings. The van der Waals surface area contributed by atoms with Gasteiger partial charge in [-0.05, 0) is 36.1 Å². The van der Waals surface area contributed by atoms with Crippen LogP contribution in [0.25, 0.3) is 0 Å². The highest BCUT2D eigenvalue weighted by atomic mass is 127. The number of aliphatic imine (C=N–C) groups is 1. The molecule has 2 aromatic carbocycles. The Bertz CT molecular complexity index is 752. The molecule has 164 valence electrons. The van der Waals surface area contributed by atoms with Crippen LogP contribution in [-0.4, -0.2) is 45.5 Å². The van der Waals surface area contributed by atoms with Gasteiger partial charge in [0.15, 0.2) is 5.96 Å². The number of benzene rings is 2. The van der Waals surface area contributed by atoms with Crippen molar-refractivity contribution in [2.75, 3.05) is 33.4 Å². The Morgan fingerprint density at radius 2 is 1.80 bits per heavy atom. The van der Waals surface area contributed by atoms with Crippen LogP contribution in [0, 0.1) is 0 Å². The number of rotatable bonds is 9. The van der Waals surface area contributed by atoms with Crippen molar-refractivity contribution in [3.63, 3.8) is 0 Å². The number of nitrogens with zero attached hydrogens (tertiary/aromatic N) is 1. The van der Waals surface area contributed by atoms with Gasteiger partial charge in [0.1, 0.15) is 12.4 Å². The number of para-hydroxylation sites is 1. The first kappa shape index (κ1) is 24.4. The van der Waals surface area contributed by atoms with Crippen LogP contribution in [-0.2, 0) is 22.6 Å². The summed E-state index contributed by atoms with van der Waals surface area (Å²) in [5, 5.41) is 6.61. The monoisotopic (exact) mass is 525 g/mol. The molecule has 6 nitrogen and oxygen atoms in total. The second-order valence-corrected chi connectivity index (χ2v) is 6.96. The summed E-state index contributed by atoms with van der Waals surface area (Å²) in [6, 6.07) is 18.3. The van der Waals surface area contributed by atoms with Gasteiger partial charge in [-0.3, -0.25) is 4.99 Å². The first-order valence-corrected chi connectivity index (χ1v) is 10.2. The Hall–Kier alpha value is -1.84. The molecule has 0 bridgehead atoms. The van der Waals surface area contributed by atoms with E-state index in [1.165, 1.54) is 11.1 Å². The van der Waals surface area contributed by atoms with Crippen molar-refractivity contribution in [3.05, 3.63) is 65.7 Å². The lowest BCUT2D eigenvalue weighted by molar-refractivity contribution is -0.0390. The third-order valence-corrected chi connectivity index (χ3v) is 4.74. The molecular formula is C23H32IN3O3. The second kappa shape index (κ2) is 14.2. The van der Waals surface area contributed by atoms with E-state index in [9.17, 15) is 0 Å². The number of ether oxygens (including phenoxy) is 3. The lowest BCUT2D eigenvalue weighted by Crippen LogP contribution is -2.38. The van der Waals surface area contributed by atoms with E-state index in [0.717, 1.165) is 37.8 Å². The summed E-state index contributed by atoms with van der Waals surface area (Å²) in [6.45, 7) is 4.19. The summed E-state index contributed by atoms with van der Waals surface area (Å²) in [7, 11) is 1.77. The van der Waals surface area contributed by atoms with Gasteiger partial charge in [0.2, 0.25) is 0 Å². The molecule has 0 spiro atoms. The van der Waals surface area contributed by atoms with Crippen LogP contribution in [0.2, 0.25) is 0 Å². The van der Waals surface area contributed by atoms with Crippen LogP contribution in [0.1, 0.15) is 24.0 Å². The number of hydrogen-bond acceptors (Lipinski definition) is 4. The number of hydrogen-bond donors (Lipinski definition) is 2. The second-order valence-electron chi connectivity index (χ2n) is 6.96. The molecule has 3 rings (SSSR count). The molecule has 1 saturated heterocycles. The van der Waals surface area contributed by atoms with E-state index in [1.807, 2.05) is 30.3 Å². The SMILES string of the molecule is CN=C(NCCOc1ccccc1)NCc1cccc(COC2CCOCC2)c1.I. The molecule has 0 unspecified atom stereocenters. The average Bonchev–Trinajstić information content (AvgIpc) is 2.79. The van der Waals surface area contributed by atoms with E-state index < -0.39 is 0 Å². The first-order chi connectivity index (χ1) is 14.3. The zero-order valence-electron chi connectivity index (χ0n) is 17.5. The third-order valence-electron chi connectivity index (χ3n) is 4.74.